The molecule has 8 heteroatoms. The van der Waals surface area contributed by atoms with Gasteiger partial charge in [-0.2, -0.15) is 0 Å². The molecule has 1 heterocycles. The molecular weight excluding hydrogens is 432 g/mol. The third-order valence-corrected chi connectivity index (χ3v) is 4.68. The molecule has 0 saturated carbocycles. The highest BCUT2D eigenvalue weighted by Crippen LogP contribution is 2.40. The maximum Gasteiger partial charge on any atom is 0.338 e. The molecule has 27 heavy (non-hydrogen) atoms. The van der Waals surface area contributed by atoms with Crippen molar-refractivity contribution in [2.45, 2.75) is 46.3 Å². The Bertz CT molecular complexity index is 764. The van der Waals surface area contributed by atoms with Crippen molar-refractivity contribution in [3.05, 3.63) is 33.4 Å². The Labute approximate surface area is 173 Å². The predicted octanol–water partition coefficient (Wildman–Crippen LogP) is 3.99. The zero-order valence-electron chi connectivity index (χ0n) is 16.1. The van der Waals surface area contributed by atoms with Crippen molar-refractivity contribution in [2.75, 3.05) is 13.7 Å². The summed E-state index contributed by atoms with van der Waals surface area (Å²) in [6, 6.07) is 3.28. The number of ether oxygens (including phenoxy) is 3. The number of thiocarbonyl (C=S) groups is 1. The number of benzene rings is 1. The van der Waals surface area contributed by atoms with E-state index < -0.39 is 12.0 Å². The molecule has 0 aliphatic carbocycles. The molecule has 0 amide bonds. The van der Waals surface area contributed by atoms with E-state index in [0.717, 1.165) is 16.5 Å². The first-order chi connectivity index (χ1) is 12.8. The number of methoxy groups -OCH3 is 1. The molecular formula is C19H25BrN2O4S. The Balaban J connectivity index is 2.49. The number of hydrogen-bond donors (Lipinski definition) is 2. The second-order valence-corrected chi connectivity index (χ2v) is 7.67. The third-order valence-electron chi connectivity index (χ3n) is 3.87. The Morgan fingerprint density at radius 3 is 2.67 bits per heavy atom. The van der Waals surface area contributed by atoms with Crippen molar-refractivity contribution in [3.8, 4) is 11.5 Å². The summed E-state index contributed by atoms with van der Waals surface area (Å²) in [5.74, 6) is 0.816. The van der Waals surface area contributed by atoms with Gasteiger partial charge in [-0.3, -0.25) is 0 Å². The average Bonchev–Trinajstić information content (AvgIpc) is 2.58. The molecule has 0 spiro atoms. The second kappa shape index (κ2) is 9.41. The summed E-state index contributed by atoms with van der Waals surface area (Å²) in [5, 5.41) is 6.59. The standard InChI is InChI=1S/C19H25BrN2O4S/c1-6-7-25-17-13(20)8-12(9-14(17)24-5)16-15(18(23)26-10(2)3)11(4)21-19(27)22-16/h8-10,16H,6-7H2,1-5H3,(H2,21,22,27)/t16-/m0/s1. The maximum atomic E-state index is 12.7. The van der Waals surface area contributed by atoms with Crippen molar-refractivity contribution in [3.63, 3.8) is 0 Å². The van der Waals surface area contributed by atoms with Crippen LogP contribution in [-0.4, -0.2) is 30.9 Å². The Morgan fingerprint density at radius 2 is 2.07 bits per heavy atom. The Hall–Kier alpha value is -1.80. The molecule has 0 radical (unpaired) electrons. The van der Waals surface area contributed by atoms with Crippen LogP contribution in [0.1, 0.15) is 45.7 Å². The van der Waals surface area contributed by atoms with Crippen LogP contribution in [0.2, 0.25) is 0 Å². The van der Waals surface area contributed by atoms with Crippen molar-refractivity contribution >= 4 is 39.2 Å². The number of hydrogen-bond acceptors (Lipinski definition) is 5. The van der Waals surface area contributed by atoms with Gasteiger partial charge in [0, 0.05) is 5.70 Å². The molecule has 0 fully saturated rings. The molecule has 1 aromatic rings. The van der Waals surface area contributed by atoms with Crippen LogP contribution in [0.15, 0.2) is 27.9 Å². The molecule has 0 saturated heterocycles. The molecule has 6 nitrogen and oxygen atoms in total. The highest BCUT2D eigenvalue weighted by molar-refractivity contribution is 9.10. The van der Waals surface area contributed by atoms with Crippen molar-refractivity contribution < 1.29 is 19.0 Å². The van der Waals surface area contributed by atoms with E-state index >= 15 is 0 Å². The van der Waals surface area contributed by atoms with Crippen LogP contribution in [0, 0.1) is 0 Å². The van der Waals surface area contributed by atoms with E-state index in [9.17, 15) is 4.79 Å². The monoisotopic (exact) mass is 456 g/mol. The molecule has 2 rings (SSSR count). The summed E-state index contributed by atoms with van der Waals surface area (Å²) < 4.78 is 17.5. The van der Waals surface area contributed by atoms with E-state index in [-0.39, 0.29) is 6.10 Å². The minimum atomic E-state index is -0.463. The first-order valence-electron chi connectivity index (χ1n) is 8.77. The van der Waals surface area contributed by atoms with Gasteiger partial charge in [-0.25, -0.2) is 4.79 Å². The summed E-state index contributed by atoms with van der Waals surface area (Å²) in [7, 11) is 1.58. The lowest BCUT2D eigenvalue weighted by Crippen LogP contribution is -2.45. The van der Waals surface area contributed by atoms with Crippen LogP contribution in [0.3, 0.4) is 0 Å². The first kappa shape index (κ1) is 21.5. The number of allylic oxidation sites excluding steroid dienone is 1. The molecule has 2 N–H and O–H groups in total. The van der Waals surface area contributed by atoms with E-state index in [0.29, 0.717) is 34.5 Å². The summed E-state index contributed by atoms with van der Waals surface area (Å²) in [6.07, 6.45) is 0.660. The highest BCUT2D eigenvalue weighted by Gasteiger charge is 2.32. The van der Waals surface area contributed by atoms with Gasteiger partial charge in [0.2, 0.25) is 0 Å². The topological polar surface area (TPSA) is 68.8 Å². The fourth-order valence-electron chi connectivity index (χ4n) is 2.74. The van der Waals surface area contributed by atoms with Crippen LogP contribution >= 0.6 is 28.1 Å². The molecule has 0 aromatic heterocycles. The lowest BCUT2D eigenvalue weighted by Gasteiger charge is -2.30. The number of esters is 1. The quantitative estimate of drug-likeness (QED) is 0.474. The van der Waals surface area contributed by atoms with Crippen LogP contribution in [0.4, 0.5) is 0 Å². The summed E-state index contributed by atoms with van der Waals surface area (Å²) >= 11 is 8.84. The Morgan fingerprint density at radius 1 is 1.37 bits per heavy atom. The highest BCUT2D eigenvalue weighted by atomic mass is 79.9. The molecule has 1 aromatic carbocycles. The fourth-order valence-corrected chi connectivity index (χ4v) is 3.59. The minimum absolute atomic E-state index is 0.224. The number of carbonyl (C=O) groups excluding carboxylic acids is 1. The van der Waals surface area contributed by atoms with E-state index in [2.05, 4.69) is 26.6 Å². The average molecular weight is 457 g/mol. The lowest BCUT2D eigenvalue weighted by atomic mass is 9.95. The van der Waals surface area contributed by atoms with Gasteiger partial charge in [0.05, 0.1) is 35.9 Å². The van der Waals surface area contributed by atoms with E-state index in [1.54, 1.807) is 7.11 Å². The van der Waals surface area contributed by atoms with Gasteiger partial charge >= 0.3 is 5.97 Å². The summed E-state index contributed by atoms with van der Waals surface area (Å²) in [5.41, 5.74) is 1.95. The van der Waals surface area contributed by atoms with Crippen molar-refractivity contribution in [1.29, 1.82) is 0 Å². The zero-order chi connectivity index (χ0) is 20.1. The Kier molecular flexibility index (Phi) is 7.49. The van der Waals surface area contributed by atoms with Gasteiger partial charge in [-0.1, -0.05) is 6.92 Å². The maximum absolute atomic E-state index is 12.7. The van der Waals surface area contributed by atoms with Gasteiger partial charge in [0.1, 0.15) is 0 Å². The largest absolute Gasteiger partial charge is 0.493 e. The smallest absolute Gasteiger partial charge is 0.338 e. The SMILES string of the molecule is CCCOc1c(Br)cc([C@@H]2NC(=S)NC(C)=C2C(=O)OC(C)C)cc1OC. The van der Waals surface area contributed by atoms with Gasteiger partial charge < -0.3 is 24.8 Å². The number of halogens is 1. The minimum Gasteiger partial charge on any atom is -0.493 e. The summed E-state index contributed by atoms with van der Waals surface area (Å²) in [4.78, 5) is 12.7. The number of carbonyl (C=O) groups is 1. The molecule has 0 unspecified atom stereocenters. The van der Waals surface area contributed by atoms with Gasteiger partial charge in [-0.05, 0) is 73.0 Å². The third kappa shape index (κ3) is 5.13. The van der Waals surface area contributed by atoms with Crippen LogP contribution in [0.5, 0.6) is 11.5 Å². The summed E-state index contributed by atoms with van der Waals surface area (Å²) in [6.45, 7) is 8.05. The number of nitrogens with one attached hydrogen (secondary N) is 2. The number of rotatable bonds is 7. The van der Waals surface area contributed by atoms with Crippen LogP contribution in [-0.2, 0) is 9.53 Å². The first-order valence-corrected chi connectivity index (χ1v) is 9.98. The lowest BCUT2D eigenvalue weighted by molar-refractivity contribution is -0.143. The van der Waals surface area contributed by atoms with Gasteiger partial charge in [0.15, 0.2) is 16.6 Å². The fraction of sp³-hybridized carbons (Fsp3) is 0.474. The van der Waals surface area contributed by atoms with E-state index in [1.165, 1.54) is 0 Å². The van der Waals surface area contributed by atoms with Crippen molar-refractivity contribution in [1.82, 2.24) is 10.6 Å². The van der Waals surface area contributed by atoms with E-state index in [4.69, 9.17) is 26.4 Å². The molecule has 1 atom stereocenters. The normalized spacial score (nSPS) is 16.7. The van der Waals surface area contributed by atoms with Gasteiger partial charge in [0.25, 0.3) is 0 Å². The molecule has 148 valence electrons. The molecule has 1 aliphatic heterocycles. The van der Waals surface area contributed by atoms with Crippen LogP contribution in [0.25, 0.3) is 0 Å². The zero-order valence-corrected chi connectivity index (χ0v) is 18.5. The molecule has 0 bridgehead atoms. The van der Waals surface area contributed by atoms with Crippen molar-refractivity contribution in [2.24, 2.45) is 0 Å². The second-order valence-electron chi connectivity index (χ2n) is 6.41. The van der Waals surface area contributed by atoms with Gasteiger partial charge in [-0.15, -0.1) is 0 Å². The predicted molar refractivity (Wildman–Crippen MR) is 112 cm³/mol. The van der Waals surface area contributed by atoms with E-state index in [1.807, 2.05) is 39.8 Å². The van der Waals surface area contributed by atoms with Crippen LogP contribution < -0.4 is 20.1 Å². The molecule has 1 aliphatic rings.